The van der Waals surface area contributed by atoms with E-state index in [2.05, 4.69) is 78.2 Å². The molecule has 41 heavy (non-hydrogen) atoms. The molecule has 1 fully saturated rings. The van der Waals surface area contributed by atoms with Gasteiger partial charge in [-0.1, -0.05) is 42.5 Å². The summed E-state index contributed by atoms with van der Waals surface area (Å²) in [6.45, 7) is 3.74. The summed E-state index contributed by atoms with van der Waals surface area (Å²) >= 11 is 0. The molecule has 1 aliphatic carbocycles. The molecule has 4 aromatic carbocycles. The van der Waals surface area contributed by atoms with Crippen molar-refractivity contribution in [2.45, 2.75) is 51.9 Å². The maximum absolute atomic E-state index is 9.07. The van der Waals surface area contributed by atoms with Crippen molar-refractivity contribution in [3.8, 4) is 28.5 Å². The molecule has 1 aromatic heterocycles. The lowest BCUT2D eigenvalue weighted by atomic mass is 10.1. The fourth-order valence-corrected chi connectivity index (χ4v) is 5.80. The summed E-state index contributed by atoms with van der Waals surface area (Å²) in [5.74, 6) is 2.56. The van der Waals surface area contributed by atoms with Gasteiger partial charge in [-0.25, -0.2) is 0 Å². The highest BCUT2D eigenvalue weighted by atomic mass is 16.5. The number of aryl methyl sites for hydroxylation is 1. The largest absolute Gasteiger partial charge is 0.491 e. The lowest BCUT2D eigenvalue weighted by molar-refractivity contribution is 0.201. The third-order valence-electron chi connectivity index (χ3n) is 7.89. The number of fused-ring (bicyclic) bond motifs is 1. The van der Waals surface area contributed by atoms with Crippen molar-refractivity contribution in [3.63, 3.8) is 0 Å². The minimum absolute atomic E-state index is 0.00127. The van der Waals surface area contributed by atoms with Crippen molar-refractivity contribution < 1.29 is 19.3 Å². The molecule has 1 heterocycles. The van der Waals surface area contributed by atoms with Crippen LogP contribution >= 0.6 is 0 Å². The van der Waals surface area contributed by atoms with Gasteiger partial charge in [0.1, 0.15) is 30.5 Å². The van der Waals surface area contributed by atoms with Gasteiger partial charge in [-0.2, -0.15) is 0 Å². The molecular weight excluding hydrogens is 510 g/mol. The standard InChI is InChI=1S/C36H37NO4/c1-26-34-23-33(40-25-28-7-3-2-4-8-28)19-20-35(34)37(24-27-11-15-30(16-12-27)39-22-21-38)36(26)29-13-17-32(18-14-29)41-31-9-5-6-10-31/h2-4,7-8,11-20,23,31,38H,5-6,9-10,21-22,24-25H2,1H3. The maximum Gasteiger partial charge on any atom is 0.120 e. The Morgan fingerprint density at radius 1 is 0.756 bits per heavy atom. The van der Waals surface area contributed by atoms with Crippen LogP contribution in [0.1, 0.15) is 42.4 Å². The van der Waals surface area contributed by atoms with E-state index in [1.54, 1.807) is 0 Å². The number of hydrogen-bond donors (Lipinski definition) is 1. The van der Waals surface area contributed by atoms with Crippen molar-refractivity contribution in [2.75, 3.05) is 13.2 Å². The number of rotatable bonds is 11. The van der Waals surface area contributed by atoms with Crippen LogP contribution in [0.5, 0.6) is 17.2 Å². The number of benzene rings is 4. The molecule has 0 amide bonds. The third kappa shape index (κ3) is 6.26. The monoisotopic (exact) mass is 547 g/mol. The van der Waals surface area contributed by atoms with Gasteiger partial charge in [0.15, 0.2) is 0 Å². The van der Waals surface area contributed by atoms with E-state index in [9.17, 15) is 0 Å². The molecule has 0 bridgehead atoms. The van der Waals surface area contributed by atoms with Gasteiger partial charge in [-0.05, 0) is 109 Å². The van der Waals surface area contributed by atoms with Gasteiger partial charge >= 0.3 is 0 Å². The van der Waals surface area contributed by atoms with Crippen LogP contribution < -0.4 is 14.2 Å². The maximum atomic E-state index is 9.07. The SMILES string of the molecule is Cc1c(-c2ccc(OC3CCCC3)cc2)n(Cc2ccc(OCCO)cc2)c2ccc(OCc3ccccc3)cc12. The van der Waals surface area contributed by atoms with Crippen LogP contribution in [0.3, 0.4) is 0 Å². The minimum atomic E-state index is 0.00127. The lowest BCUT2D eigenvalue weighted by Gasteiger charge is -2.15. The topological polar surface area (TPSA) is 52.9 Å². The van der Waals surface area contributed by atoms with Crippen LogP contribution in [0, 0.1) is 6.92 Å². The van der Waals surface area contributed by atoms with Crippen LogP contribution in [0.15, 0.2) is 97.1 Å². The molecule has 0 saturated heterocycles. The van der Waals surface area contributed by atoms with E-state index < -0.39 is 0 Å². The number of aliphatic hydroxyl groups excluding tert-OH is 1. The summed E-state index contributed by atoms with van der Waals surface area (Å²) in [6.07, 6.45) is 5.15. The van der Waals surface area contributed by atoms with Crippen LogP contribution in [-0.4, -0.2) is 29.0 Å². The van der Waals surface area contributed by atoms with E-state index >= 15 is 0 Å². The number of nitrogens with zero attached hydrogens (tertiary/aromatic N) is 1. The highest BCUT2D eigenvalue weighted by molar-refractivity contribution is 5.92. The van der Waals surface area contributed by atoms with Gasteiger partial charge in [0.05, 0.1) is 18.4 Å². The van der Waals surface area contributed by atoms with Crippen LogP contribution in [0.2, 0.25) is 0 Å². The summed E-state index contributed by atoms with van der Waals surface area (Å²) in [5, 5.41) is 10.3. The van der Waals surface area contributed by atoms with Gasteiger partial charge in [0.2, 0.25) is 0 Å². The molecular formula is C36H37NO4. The summed E-state index contributed by atoms with van der Waals surface area (Å²) in [7, 11) is 0. The zero-order chi connectivity index (χ0) is 28.0. The number of aromatic nitrogens is 1. The Morgan fingerprint density at radius 3 is 2.20 bits per heavy atom. The Kier molecular flexibility index (Phi) is 8.24. The smallest absolute Gasteiger partial charge is 0.120 e. The summed E-state index contributed by atoms with van der Waals surface area (Å²) in [4.78, 5) is 0. The zero-order valence-corrected chi connectivity index (χ0v) is 23.6. The zero-order valence-electron chi connectivity index (χ0n) is 23.6. The Labute approximate surface area is 241 Å². The molecule has 0 unspecified atom stereocenters. The van der Waals surface area contributed by atoms with Crippen molar-refractivity contribution in [2.24, 2.45) is 0 Å². The van der Waals surface area contributed by atoms with Crippen LogP contribution in [0.4, 0.5) is 0 Å². The first-order valence-corrected chi connectivity index (χ1v) is 14.6. The second-order valence-electron chi connectivity index (χ2n) is 10.8. The Morgan fingerprint density at radius 2 is 1.46 bits per heavy atom. The van der Waals surface area contributed by atoms with Crippen molar-refractivity contribution in [1.82, 2.24) is 4.57 Å². The molecule has 5 aromatic rings. The average molecular weight is 548 g/mol. The fraction of sp³-hybridized carbons (Fsp3) is 0.278. The first-order chi connectivity index (χ1) is 20.2. The highest BCUT2D eigenvalue weighted by Crippen LogP contribution is 2.37. The molecule has 0 spiro atoms. The summed E-state index contributed by atoms with van der Waals surface area (Å²) < 4.78 is 20.4. The number of aliphatic hydroxyl groups is 1. The van der Waals surface area contributed by atoms with E-state index in [1.807, 2.05) is 30.3 Å². The van der Waals surface area contributed by atoms with Gasteiger partial charge < -0.3 is 23.9 Å². The Bertz CT molecular complexity index is 1570. The van der Waals surface area contributed by atoms with E-state index in [0.717, 1.165) is 46.7 Å². The predicted molar refractivity (Wildman–Crippen MR) is 164 cm³/mol. The van der Waals surface area contributed by atoms with Gasteiger partial charge in [0.25, 0.3) is 0 Å². The number of hydrogen-bond acceptors (Lipinski definition) is 4. The van der Waals surface area contributed by atoms with E-state index in [4.69, 9.17) is 19.3 Å². The normalized spacial score (nSPS) is 13.5. The first-order valence-electron chi connectivity index (χ1n) is 14.6. The average Bonchev–Trinajstić information content (AvgIpc) is 3.62. The van der Waals surface area contributed by atoms with Crippen molar-refractivity contribution in [1.29, 1.82) is 0 Å². The van der Waals surface area contributed by atoms with Gasteiger partial charge in [0, 0.05) is 17.4 Å². The first kappa shape index (κ1) is 27.0. The highest BCUT2D eigenvalue weighted by Gasteiger charge is 2.19. The molecule has 5 heteroatoms. The molecule has 1 aliphatic rings. The fourth-order valence-electron chi connectivity index (χ4n) is 5.80. The van der Waals surface area contributed by atoms with E-state index in [1.165, 1.54) is 35.0 Å². The second-order valence-corrected chi connectivity index (χ2v) is 10.8. The van der Waals surface area contributed by atoms with Gasteiger partial charge in [-0.15, -0.1) is 0 Å². The van der Waals surface area contributed by atoms with Crippen molar-refractivity contribution in [3.05, 3.63) is 114 Å². The summed E-state index contributed by atoms with van der Waals surface area (Å²) in [5.41, 5.74) is 7.05. The molecule has 1 saturated carbocycles. The molecule has 0 radical (unpaired) electrons. The second kappa shape index (κ2) is 12.5. The predicted octanol–water partition coefficient (Wildman–Crippen LogP) is 7.94. The molecule has 6 rings (SSSR count). The van der Waals surface area contributed by atoms with Crippen LogP contribution in [-0.2, 0) is 13.2 Å². The summed E-state index contributed by atoms with van der Waals surface area (Å²) in [6, 6.07) is 33.3. The molecule has 210 valence electrons. The molecule has 5 nitrogen and oxygen atoms in total. The quantitative estimate of drug-likeness (QED) is 0.182. The molecule has 0 aliphatic heterocycles. The van der Waals surface area contributed by atoms with Gasteiger partial charge in [-0.3, -0.25) is 0 Å². The van der Waals surface area contributed by atoms with E-state index in [-0.39, 0.29) is 6.61 Å². The molecule has 0 atom stereocenters. The third-order valence-corrected chi connectivity index (χ3v) is 7.89. The van der Waals surface area contributed by atoms with Crippen LogP contribution in [0.25, 0.3) is 22.2 Å². The van der Waals surface area contributed by atoms with Crippen molar-refractivity contribution >= 4 is 10.9 Å². The Hall–Kier alpha value is -4.22. The lowest BCUT2D eigenvalue weighted by Crippen LogP contribution is -2.10. The number of ether oxygens (including phenoxy) is 3. The molecule has 1 N–H and O–H groups in total. The van der Waals surface area contributed by atoms with E-state index in [0.29, 0.717) is 25.9 Å². The minimum Gasteiger partial charge on any atom is -0.491 e. The Balaban J connectivity index is 1.33.